The van der Waals surface area contributed by atoms with Crippen LogP contribution in [0.4, 0.5) is 13.2 Å². The molecule has 0 amide bonds. The van der Waals surface area contributed by atoms with Gasteiger partial charge in [0.05, 0.1) is 13.2 Å². The summed E-state index contributed by atoms with van der Waals surface area (Å²) in [6.45, 7) is 5.72. The van der Waals surface area contributed by atoms with E-state index in [1.807, 2.05) is 0 Å². The summed E-state index contributed by atoms with van der Waals surface area (Å²) in [7, 11) is 1.68. The highest BCUT2D eigenvalue weighted by Crippen LogP contribution is 2.19. The summed E-state index contributed by atoms with van der Waals surface area (Å²) in [5.41, 5.74) is 0. The maximum atomic E-state index is 12.5. The van der Waals surface area contributed by atoms with Crippen LogP contribution in [0, 0.1) is 0 Å². The summed E-state index contributed by atoms with van der Waals surface area (Å²) in [6.07, 6.45) is -1.40. The van der Waals surface area contributed by atoms with Gasteiger partial charge in [0.1, 0.15) is 12.4 Å². The maximum Gasteiger partial charge on any atom is 0.406 e. The smallest absolute Gasteiger partial charge is 0.383 e. The summed E-state index contributed by atoms with van der Waals surface area (Å²) in [4.78, 5) is 8.57. The normalized spacial score (nSPS) is 21.4. The molecule has 0 spiro atoms. The quantitative estimate of drug-likeness (QED) is 0.797. The molecule has 0 bridgehead atoms. The predicted octanol–water partition coefficient (Wildman–Crippen LogP) is 1.60. The van der Waals surface area contributed by atoms with Crippen molar-refractivity contribution in [3.05, 3.63) is 18.2 Å². The Hall–Kier alpha value is -1.12. The Labute approximate surface area is 128 Å². The first-order chi connectivity index (χ1) is 10.4. The minimum absolute atomic E-state index is 0.356. The van der Waals surface area contributed by atoms with Gasteiger partial charge in [-0.1, -0.05) is 0 Å². The molecule has 5 nitrogen and oxygen atoms in total. The number of nitrogens with zero attached hydrogens (tertiary/aromatic N) is 4. The van der Waals surface area contributed by atoms with E-state index in [-0.39, 0.29) is 0 Å². The SMILES string of the molecule is COCCN1CCN(Cc2nccn2CC(F)(F)F)C[C@@H]1C. The lowest BCUT2D eigenvalue weighted by Gasteiger charge is -2.39. The Kier molecular flexibility index (Phi) is 5.82. The summed E-state index contributed by atoms with van der Waals surface area (Å²) in [6, 6.07) is 0.356. The van der Waals surface area contributed by atoms with Gasteiger partial charge in [0.25, 0.3) is 0 Å². The van der Waals surface area contributed by atoms with Crippen LogP contribution < -0.4 is 0 Å². The van der Waals surface area contributed by atoms with Gasteiger partial charge in [-0.15, -0.1) is 0 Å². The maximum absolute atomic E-state index is 12.5. The lowest BCUT2D eigenvalue weighted by molar-refractivity contribution is -0.141. The van der Waals surface area contributed by atoms with Gasteiger partial charge >= 0.3 is 6.18 Å². The van der Waals surface area contributed by atoms with Crippen LogP contribution in [0.25, 0.3) is 0 Å². The lowest BCUT2D eigenvalue weighted by Crippen LogP contribution is -2.52. The van der Waals surface area contributed by atoms with Crippen molar-refractivity contribution < 1.29 is 17.9 Å². The highest BCUT2D eigenvalue weighted by Gasteiger charge is 2.30. The number of halogens is 3. The monoisotopic (exact) mass is 320 g/mol. The molecule has 1 aliphatic heterocycles. The fourth-order valence-corrected chi connectivity index (χ4v) is 2.78. The van der Waals surface area contributed by atoms with Crippen LogP contribution in [-0.2, 0) is 17.8 Å². The van der Waals surface area contributed by atoms with Gasteiger partial charge in [-0.2, -0.15) is 13.2 Å². The van der Waals surface area contributed by atoms with Gasteiger partial charge in [-0.25, -0.2) is 4.98 Å². The molecular weight excluding hydrogens is 297 g/mol. The minimum atomic E-state index is -4.22. The van der Waals surface area contributed by atoms with Crippen molar-refractivity contribution in [1.29, 1.82) is 0 Å². The number of rotatable bonds is 6. The zero-order valence-electron chi connectivity index (χ0n) is 13.0. The number of piperazine rings is 1. The number of imidazole rings is 1. The van der Waals surface area contributed by atoms with Gasteiger partial charge in [-0.05, 0) is 6.92 Å². The first-order valence-electron chi connectivity index (χ1n) is 7.41. The zero-order chi connectivity index (χ0) is 16.2. The van der Waals surface area contributed by atoms with E-state index in [0.29, 0.717) is 25.0 Å². The van der Waals surface area contributed by atoms with E-state index < -0.39 is 12.7 Å². The van der Waals surface area contributed by atoms with Crippen LogP contribution in [0.5, 0.6) is 0 Å². The van der Waals surface area contributed by atoms with Crippen molar-refractivity contribution in [1.82, 2.24) is 19.4 Å². The van der Waals surface area contributed by atoms with Crippen LogP contribution in [-0.4, -0.2) is 71.5 Å². The predicted molar refractivity (Wildman–Crippen MR) is 76.5 cm³/mol. The van der Waals surface area contributed by atoms with Crippen molar-refractivity contribution in [2.45, 2.75) is 32.2 Å². The third-order valence-corrected chi connectivity index (χ3v) is 3.95. The van der Waals surface area contributed by atoms with E-state index in [2.05, 4.69) is 21.7 Å². The molecule has 0 saturated carbocycles. The van der Waals surface area contributed by atoms with Gasteiger partial charge in [0.15, 0.2) is 0 Å². The second-order valence-electron chi connectivity index (χ2n) is 5.70. The average Bonchev–Trinajstić information content (AvgIpc) is 2.83. The molecule has 126 valence electrons. The topological polar surface area (TPSA) is 33.5 Å². The summed E-state index contributed by atoms with van der Waals surface area (Å²) >= 11 is 0. The van der Waals surface area contributed by atoms with Gasteiger partial charge in [0, 0.05) is 51.7 Å². The van der Waals surface area contributed by atoms with Crippen LogP contribution in [0.15, 0.2) is 12.4 Å². The zero-order valence-corrected chi connectivity index (χ0v) is 13.0. The van der Waals surface area contributed by atoms with Gasteiger partial charge < -0.3 is 9.30 Å². The fourth-order valence-electron chi connectivity index (χ4n) is 2.78. The molecule has 0 unspecified atom stereocenters. The van der Waals surface area contributed by atoms with Crippen molar-refractivity contribution >= 4 is 0 Å². The molecule has 1 fully saturated rings. The molecule has 1 saturated heterocycles. The third kappa shape index (κ3) is 4.96. The number of aromatic nitrogens is 2. The highest BCUT2D eigenvalue weighted by molar-refractivity contribution is 4.94. The molecule has 0 aliphatic carbocycles. The van der Waals surface area contributed by atoms with E-state index in [1.54, 1.807) is 7.11 Å². The van der Waals surface area contributed by atoms with E-state index in [9.17, 15) is 13.2 Å². The van der Waals surface area contributed by atoms with E-state index in [1.165, 1.54) is 17.0 Å². The fraction of sp³-hybridized carbons (Fsp3) is 0.786. The van der Waals surface area contributed by atoms with Crippen LogP contribution >= 0.6 is 0 Å². The number of alkyl halides is 3. The second kappa shape index (κ2) is 7.43. The molecule has 1 aromatic heterocycles. The first kappa shape index (κ1) is 17.2. The summed E-state index contributed by atoms with van der Waals surface area (Å²) in [5, 5.41) is 0. The molecule has 2 heterocycles. The Balaban J connectivity index is 1.89. The van der Waals surface area contributed by atoms with Gasteiger partial charge in [-0.3, -0.25) is 9.80 Å². The molecule has 2 rings (SSSR count). The largest absolute Gasteiger partial charge is 0.406 e. The number of hydrogen-bond acceptors (Lipinski definition) is 4. The van der Waals surface area contributed by atoms with Crippen molar-refractivity contribution in [2.24, 2.45) is 0 Å². The Morgan fingerprint density at radius 3 is 2.77 bits per heavy atom. The minimum Gasteiger partial charge on any atom is -0.383 e. The number of methoxy groups -OCH3 is 1. The molecule has 1 aliphatic rings. The van der Waals surface area contributed by atoms with E-state index in [0.717, 1.165) is 26.2 Å². The Morgan fingerprint density at radius 1 is 1.36 bits per heavy atom. The van der Waals surface area contributed by atoms with Crippen molar-refractivity contribution in [3.63, 3.8) is 0 Å². The Bertz CT molecular complexity index is 463. The molecule has 1 atom stereocenters. The van der Waals surface area contributed by atoms with E-state index >= 15 is 0 Å². The average molecular weight is 320 g/mol. The number of ether oxygens (including phenoxy) is 1. The first-order valence-corrected chi connectivity index (χ1v) is 7.41. The number of hydrogen-bond donors (Lipinski definition) is 0. The van der Waals surface area contributed by atoms with Crippen molar-refractivity contribution in [3.8, 4) is 0 Å². The van der Waals surface area contributed by atoms with Crippen LogP contribution in [0.2, 0.25) is 0 Å². The molecule has 0 aromatic carbocycles. The van der Waals surface area contributed by atoms with Crippen molar-refractivity contribution in [2.75, 3.05) is 39.9 Å². The molecule has 8 heteroatoms. The standard InChI is InChI=1S/C14H23F3N4O/c1-12-9-19(5-6-20(12)7-8-22-2)10-13-18-3-4-21(13)11-14(15,16)17/h3-4,12H,5-11H2,1-2H3/t12-/m0/s1. The molecule has 0 N–H and O–H groups in total. The van der Waals surface area contributed by atoms with Crippen LogP contribution in [0.1, 0.15) is 12.7 Å². The highest BCUT2D eigenvalue weighted by atomic mass is 19.4. The van der Waals surface area contributed by atoms with Gasteiger partial charge in [0.2, 0.25) is 0 Å². The summed E-state index contributed by atoms with van der Waals surface area (Å²) in [5.74, 6) is 0.467. The molecule has 0 radical (unpaired) electrons. The van der Waals surface area contributed by atoms with E-state index in [4.69, 9.17) is 4.74 Å². The summed E-state index contributed by atoms with van der Waals surface area (Å²) < 4.78 is 43.9. The lowest BCUT2D eigenvalue weighted by atomic mass is 10.2. The third-order valence-electron chi connectivity index (χ3n) is 3.95. The molecule has 1 aromatic rings. The van der Waals surface area contributed by atoms with Crippen LogP contribution in [0.3, 0.4) is 0 Å². The molecular formula is C14H23F3N4O. The Morgan fingerprint density at radius 2 is 2.14 bits per heavy atom. The molecule has 22 heavy (non-hydrogen) atoms. The second-order valence-corrected chi connectivity index (χ2v) is 5.70.